The summed E-state index contributed by atoms with van der Waals surface area (Å²) in [7, 11) is 0. The molecule has 0 spiro atoms. The third kappa shape index (κ3) is 3.53. The molecule has 2 nitrogen and oxygen atoms in total. The quantitative estimate of drug-likeness (QED) is 0.725. The fourth-order valence-corrected chi connectivity index (χ4v) is 2.00. The standard InChI is InChI=1S/C9H11Cl2O2P/c1-7(2)8-5-3-4-6-9(8)13-14(10,11)12/h3-7H,1-2H3. The molecule has 0 bridgehead atoms. The highest BCUT2D eigenvalue weighted by atomic mass is 35.9. The van der Waals surface area contributed by atoms with E-state index < -0.39 is 6.07 Å². The molecule has 0 aromatic heterocycles. The molecular weight excluding hydrogens is 242 g/mol. The SMILES string of the molecule is CC(C)c1ccccc1OP(=O)(Cl)Cl. The average molecular weight is 253 g/mol. The predicted molar refractivity (Wildman–Crippen MR) is 60.5 cm³/mol. The van der Waals surface area contributed by atoms with Gasteiger partial charge in [-0.25, -0.2) is 4.57 Å². The van der Waals surface area contributed by atoms with Crippen molar-refractivity contribution in [2.24, 2.45) is 0 Å². The molecule has 0 fully saturated rings. The lowest BCUT2D eigenvalue weighted by Gasteiger charge is -2.13. The molecule has 0 unspecified atom stereocenters. The number of benzene rings is 1. The van der Waals surface area contributed by atoms with E-state index in [0.717, 1.165) is 5.56 Å². The van der Waals surface area contributed by atoms with Crippen molar-refractivity contribution < 1.29 is 9.09 Å². The largest absolute Gasteiger partial charge is 0.428 e. The normalized spacial score (nSPS) is 11.8. The summed E-state index contributed by atoms with van der Waals surface area (Å²) < 4.78 is 16.0. The lowest BCUT2D eigenvalue weighted by Crippen LogP contribution is -1.92. The molecule has 78 valence electrons. The van der Waals surface area contributed by atoms with E-state index in [-0.39, 0.29) is 5.92 Å². The van der Waals surface area contributed by atoms with Crippen LogP contribution in [0.2, 0.25) is 0 Å². The van der Waals surface area contributed by atoms with Crippen LogP contribution in [0, 0.1) is 0 Å². The van der Waals surface area contributed by atoms with Crippen LogP contribution in [-0.4, -0.2) is 0 Å². The fraction of sp³-hybridized carbons (Fsp3) is 0.333. The summed E-state index contributed by atoms with van der Waals surface area (Å²) in [5, 5.41) is 0. The molecule has 1 aromatic rings. The fourth-order valence-electron chi connectivity index (χ4n) is 1.16. The van der Waals surface area contributed by atoms with E-state index >= 15 is 0 Å². The van der Waals surface area contributed by atoms with Gasteiger partial charge in [0.2, 0.25) is 0 Å². The van der Waals surface area contributed by atoms with E-state index in [1.54, 1.807) is 12.1 Å². The molecule has 0 radical (unpaired) electrons. The first-order valence-corrected chi connectivity index (χ1v) is 7.61. The maximum atomic E-state index is 11.1. The summed E-state index contributed by atoms with van der Waals surface area (Å²) in [5.41, 5.74) is 0.939. The Balaban J connectivity index is 3.02. The molecule has 0 saturated heterocycles. The third-order valence-corrected chi connectivity index (χ3v) is 2.57. The predicted octanol–water partition coefficient (Wildman–Crippen LogP) is 4.77. The van der Waals surface area contributed by atoms with Gasteiger partial charge in [0, 0.05) is 22.5 Å². The number of hydrogen-bond acceptors (Lipinski definition) is 2. The Bertz CT molecular complexity index is 360. The summed E-state index contributed by atoms with van der Waals surface area (Å²) in [5.74, 6) is 0.752. The van der Waals surface area contributed by atoms with Gasteiger partial charge in [-0.3, -0.25) is 0 Å². The summed E-state index contributed by atoms with van der Waals surface area (Å²) >= 11 is 10.7. The Kier molecular flexibility index (Phi) is 3.88. The van der Waals surface area contributed by atoms with Gasteiger partial charge in [-0.15, -0.1) is 0 Å². The van der Waals surface area contributed by atoms with Gasteiger partial charge in [-0.05, 0) is 17.5 Å². The van der Waals surface area contributed by atoms with Gasteiger partial charge in [-0.1, -0.05) is 32.0 Å². The van der Waals surface area contributed by atoms with Crippen LogP contribution in [0.1, 0.15) is 25.3 Å². The molecule has 0 aliphatic heterocycles. The minimum atomic E-state index is -3.51. The molecule has 0 N–H and O–H groups in total. The van der Waals surface area contributed by atoms with E-state index in [0.29, 0.717) is 5.75 Å². The molecule has 14 heavy (non-hydrogen) atoms. The summed E-state index contributed by atoms with van der Waals surface area (Å²) in [6, 6.07) is 7.26. The molecule has 0 heterocycles. The second kappa shape index (κ2) is 4.57. The summed E-state index contributed by atoms with van der Waals surface area (Å²) in [6.07, 6.45) is -3.51. The smallest absolute Gasteiger partial charge is 0.422 e. The first-order chi connectivity index (χ1) is 6.40. The van der Waals surface area contributed by atoms with Crippen molar-refractivity contribution in [2.45, 2.75) is 19.8 Å². The molecular formula is C9H11Cl2O2P. The van der Waals surface area contributed by atoms with Crippen LogP contribution in [0.15, 0.2) is 24.3 Å². The van der Waals surface area contributed by atoms with Gasteiger partial charge < -0.3 is 4.52 Å². The third-order valence-electron chi connectivity index (χ3n) is 1.75. The molecule has 5 heteroatoms. The topological polar surface area (TPSA) is 26.3 Å². The van der Waals surface area contributed by atoms with Gasteiger partial charge in [0.15, 0.2) is 0 Å². The van der Waals surface area contributed by atoms with Gasteiger partial charge >= 0.3 is 6.07 Å². The Morgan fingerprint density at radius 3 is 2.36 bits per heavy atom. The Labute approximate surface area is 93.2 Å². The molecule has 1 aromatic carbocycles. The highest BCUT2D eigenvalue weighted by molar-refractivity contribution is 8.05. The maximum Gasteiger partial charge on any atom is 0.428 e. The molecule has 0 aliphatic carbocycles. The zero-order chi connectivity index (χ0) is 10.8. The van der Waals surface area contributed by atoms with Gasteiger partial charge in [-0.2, -0.15) is 0 Å². The molecule has 0 amide bonds. The van der Waals surface area contributed by atoms with Crippen LogP contribution in [0.25, 0.3) is 0 Å². The average Bonchev–Trinajstić information content (AvgIpc) is 2.01. The first-order valence-electron chi connectivity index (χ1n) is 4.18. The number of halogens is 2. The Morgan fingerprint density at radius 1 is 1.29 bits per heavy atom. The van der Waals surface area contributed by atoms with Crippen molar-refractivity contribution in [3.05, 3.63) is 29.8 Å². The van der Waals surface area contributed by atoms with Crippen molar-refractivity contribution in [3.8, 4) is 5.75 Å². The van der Waals surface area contributed by atoms with Crippen molar-refractivity contribution in [1.82, 2.24) is 0 Å². The van der Waals surface area contributed by atoms with Gasteiger partial charge in [0.05, 0.1) is 0 Å². The van der Waals surface area contributed by atoms with Crippen molar-refractivity contribution in [3.63, 3.8) is 0 Å². The zero-order valence-corrected chi connectivity index (χ0v) is 10.3. The summed E-state index contributed by atoms with van der Waals surface area (Å²) in [6.45, 7) is 4.02. The first kappa shape index (κ1) is 11.9. The zero-order valence-electron chi connectivity index (χ0n) is 7.91. The van der Waals surface area contributed by atoms with Gasteiger partial charge in [0.1, 0.15) is 5.75 Å². The highest BCUT2D eigenvalue weighted by Gasteiger charge is 2.18. The number of para-hydroxylation sites is 1. The van der Waals surface area contributed by atoms with E-state index in [4.69, 9.17) is 27.0 Å². The Hall–Kier alpha value is -0.170. The van der Waals surface area contributed by atoms with Crippen LogP contribution in [0.3, 0.4) is 0 Å². The van der Waals surface area contributed by atoms with Crippen LogP contribution in [-0.2, 0) is 4.57 Å². The monoisotopic (exact) mass is 252 g/mol. The second-order valence-electron chi connectivity index (χ2n) is 3.20. The van der Waals surface area contributed by atoms with Crippen LogP contribution in [0.4, 0.5) is 0 Å². The van der Waals surface area contributed by atoms with Crippen molar-refractivity contribution >= 4 is 28.6 Å². The van der Waals surface area contributed by atoms with Gasteiger partial charge in [0.25, 0.3) is 0 Å². The second-order valence-corrected chi connectivity index (χ2v) is 7.40. The van der Waals surface area contributed by atoms with E-state index in [2.05, 4.69) is 0 Å². The van der Waals surface area contributed by atoms with E-state index in [1.807, 2.05) is 26.0 Å². The highest BCUT2D eigenvalue weighted by Crippen LogP contribution is 2.57. The minimum absolute atomic E-state index is 0.270. The van der Waals surface area contributed by atoms with E-state index in [1.165, 1.54) is 0 Å². The molecule has 0 saturated carbocycles. The molecule has 0 atom stereocenters. The Morgan fingerprint density at radius 2 is 1.86 bits per heavy atom. The van der Waals surface area contributed by atoms with Crippen LogP contribution < -0.4 is 4.52 Å². The van der Waals surface area contributed by atoms with E-state index in [9.17, 15) is 4.57 Å². The van der Waals surface area contributed by atoms with Crippen LogP contribution in [0.5, 0.6) is 5.75 Å². The molecule has 1 rings (SSSR count). The lowest BCUT2D eigenvalue weighted by atomic mass is 10.0. The minimum Gasteiger partial charge on any atom is -0.422 e. The summed E-state index contributed by atoms with van der Waals surface area (Å²) in [4.78, 5) is 0. The number of rotatable bonds is 3. The van der Waals surface area contributed by atoms with Crippen molar-refractivity contribution in [2.75, 3.05) is 0 Å². The maximum absolute atomic E-state index is 11.1. The number of hydrogen-bond donors (Lipinski definition) is 0. The molecule has 0 aliphatic rings. The lowest BCUT2D eigenvalue weighted by molar-refractivity contribution is 0.508. The van der Waals surface area contributed by atoms with Crippen LogP contribution >= 0.6 is 28.6 Å². The van der Waals surface area contributed by atoms with Crippen molar-refractivity contribution in [1.29, 1.82) is 0 Å².